The van der Waals surface area contributed by atoms with Crippen molar-refractivity contribution in [2.24, 2.45) is 5.41 Å². The molecule has 0 fully saturated rings. The van der Waals surface area contributed by atoms with E-state index in [0.717, 1.165) is 44.9 Å². The topological polar surface area (TPSA) is 17.1 Å². The van der Waals surface area contributed by atoms with E-state index >= 15 is 0 Å². The highest BCUT2D eigenvalue weighted by molar-refractivity contribution is 5.83. The highest BCUT2D eigenvalue weighted by atomic mass is 16.1. The second-order valence-electron chi connectivity index (χ2n) is 10.8. The van der Waals surface area contributed by atoms with Gasteiger partial charge < -0.3 is 0 Å². The molecule has 0 aliphatic carbocycles. The van der Waals surface area contributed by atoms with E-state index in [1.165, 1.54) is 40.7 Å². The zero-order valence-electron chi connectivity index (χ0n) is 22.9. The van der Waals surface area contributed by atoms with Crippen LogP contribution in [0.15, 0.2) is 58.2 Å². The number of carbonyl (C=O) groups excluding carboxylic acids is 1. The predicted octanol–water partition coefficient (Wildman–Crippen LogP) is 10.9. The lowest BCUT2D eigenvalue weighted by Gasteiger charge is -2.16. The van der Waals surface area contributed by atoms with Gasteiger partial charge in [-0.25, -0.2) is 0 Å². The monoisotopic (exact) mass is 456 g/mol. The molecular formula is C32H56O. The minimum Gasteiger partial charge on any atom is -0.299 e. The van der Waals surface area contributed by atoms with Gasteiger partial charge >= 0.3 is 0 Å². The summed E-state index contributed by atoms with van der Waals surface area (Å²) in [5.74, 6) is 0.357. The van der Waals surface area contributed by atoms with Crippen LogP contribution < -0.4 is 0 Å². The van der Waals surface area contributed by atoms with E-state index in [0.29, 0.717) is 12.2 Å². The summed E-state index contributed by atoms with van der Waals surface area (Å²) in [5, 5.41) is 0. The fourth-order valence-electron chi connectivity index (χ4n) is 3.43. The van der Waals surface area contributed by atoms with Crippen LogP contribution >= 0.6 is 0 Å². The molecule has 0 amide bonds. The summed E-state index contributed by atoms with van der Waals surface area (Å²) in [6.45, 7) is 19.3. The second-order valence-corrected chi connectivity index (χ2v) is 10.8. The summed E-state index contributed by atoms with van der Waals surface area (Å²) < 4.78 is 0. The SMILES string of the molecule is C.CC(C)=CCC/C(C)=C/CC/C(C)=C/CC/C=C(\C)CC/C=C(\C)CCC(=O)C(C)(C)C. The van der Waals surface area contributed by atoms with Crippen LogP contribution in [0.25, 0.3) is 0 Å². The maximum atomic E-state index is 12.0. The quantitative estimate of drug-likeness (QED) is 0.177. The van der Waals surface area contributed by atoms with Gasteiger partial charge in [0.1, 0.15) is 5.78 Å². The molecule has 0 aliphatic rings. The Hall–Kier alpha value is -1.63. The van der Waals surface area contributed by atoms with Gasteiger partial charge in [-0.15, -0.1) is 0 Å². The first-order chi connectivity index (χ1) is 14.9. The van der Waals surface area contributed by atoms with E-state index in [2.05, 4.69) is 71.9 Å². The van der Waals surface area contributed by atoms with E-state index in [4.69, 9.17) is 0 Å². The first-order valence-corrected chi connectivity index (χ1v) is 12.7. The molecule has 0 saturated carbocycles. The molecule has 0 aromatic rings. The Morgan fingerprint density at radius 1 is 0.515 bits per heavy atom. The smallest absolute Gasteiger partial charge is 0.138 e. The maximum Gasteiger partial charge on any atom is 0.138 e. The number of ketones is 1. The minimum absolute atomic E-state index is 0. The van der Waals surface area contributed by atoms with Crippen LogP contribution in [0, 0.1) is 5.41 Å². The van der Waals surface area contributed by atoms with Crippen LogP contribution in [0.5, 0.6) is 0 Å². The number of unbranched alkanes of at least 4 members (excludes halogenated alkanes) is 1. The predicted molar refractivity (Wildman–Crippen MR) is 152 cm³/mol. The number of hydrogen-bond acceptors (Lipinski definition) is 1. The summed E-state index contributed by atoms with van der Waals surface area (Å²) in [5.41, 5.74) is 7.03. The Kier molecular flexibility index (Phi) is 19.1. The van der Waals surface area contributed by atoms with Gasteiger partial charge in [0.2, 0.25) is 0 Å². The zero-order chi connectivity index (χ0) is 24.6. The normalized spacial score (nSPS) is 13.6. The molecular weight excluding hydrogens is 400 g/mol. The van der Waals surface area contributed by atoms with Crippen LogP contribution in [-0.2, 0) is 4.79 Å². The second kappa shape index (κ2) is 18.8. The van der Waals surface area contributed by atoms with Gasteiger partial charge in [-0.2, -0.15) is 0 Å². The van der Waals surface area contributed by atoms with Crippen molar-refractivity contribution in [3.8, 4) is 0 Å². The number of Topliss-reactive ketones (excluding diaryl/α,β-unsaturated/α-hetero) is 1. The molecule has 0 radical (unpaired) electrons. The van der Waals surface area contributed by atoms with E-state index in [1.807, 2.05) is 20.8 Å². The van der Waals surface area contributed by atoms with Crippen molar-refractivity contribution in [3.05, 3.63) is 58.2 Å². The molecule has 1 heteroatoms. The molecule has 0 saturated heterocycles. The van der Waals surface area contributed by atoms with E-state index < -0.39 is 0 Å². The van der Waals surface area contributed by atoms with Crippen LogP contribution in [0.3, 0.4) is 0 Å². The van der Waals surface area contributed by atoms with Crippen LogP contribution in [0.2, 0.25) is 0 Å². The molecule has 0 aromatic heterocycles. The lowest BCUT2D eigenvalue weighted by molar-refractivity contribution is -0.126. The third-order valence-electron chi connectivity index (χ3n) is 5.89. The molecule has 0 bridgehead atoms. The molecule has 190 valence electrons. The summed E-state index contributed by atoms with van der Waals surface area (Å²) >= 11 is 0. The summed E-state index contributed by atoms with van der Waals surface area (Å²) in [7, 11) is 0. The first kappa shape index (κ1) is 33.5. The van der Waals surface area contributed by atoms with Gasteiger partial charge in [0, 0.05) is 11.8 Å². The zero-order valence-corrected chi connectivity index (χ0v) is 22.9. The number of carbonyl (C=O) groups is 1. The van der Waals surface area contributed by atoms with Crippen LogP contribution in [0.1, 0.15) is 134 Å². The fourth-order valence-corrected chi connectivity index (χ4v) is 3.43. The number of allylic oxidation sites excluding steroid dienone is 10. The van der Waals surface area contributed by atoms with E-state index in [-0.39, 0.29) is 12.8 Å². The summed E-state index contributed by atoms with van der Waals surface area (Å²) in [6, 6.07) is 0. The van der Waals surface area contributed by atoms with Crippen molar-refractivity contribution in [1.82, 2.24) is 0 Å². The van der Waals surface area contributed by atoms with Crippen molar-refractivity contribution in [1.29, 1.82) is 0 Å². The molecule has 0 N–H and O–H groups in total. The standard InChI is InChI=1S/C31H52O.CH4/c1-25(2)15-12-18-28(5)21-13-19-26(3)16-10-11-17-27(4)20-14-22-29(6)23-24-30(32)31(7,8)9;/h15-17,21-22H,10-14,18-20,23-24H2,1-9H3;1H4/b26-16+,27-17+,28-21+,29-22+;. The van der Waals surface area contributed by atoms with Crippen molar-refractivity contribution >= 4 is 5.78 Å². The van der Waals surface area contributed by atoms with Gasteiger partial charge in [0.15, 0.2) is 0 Å². The van der Waals surface area contributed by atoms with Crippen LogP contribution in [-0.4, -0.2) is 5.78 Å². The van der Waals surface area contributed by atoms with Gasteiger partial charge in [-0.05, 0) is 99.3 Å². The third-order valence-corrected chi connectivity index (χ3v) is 5.89. The minimum atomic E-state index is -0.215. The maximum absolute atomic E-state index is 12.0. The Bertz CT molecular complexity index is 697. The molecule has 0 aromatic carbocycles. The first-order valence-electron chi connectivity index (χ1n) is 12.7. The lowest BCUT2D eigenvalue weighted by Crippen LogP contribution is -2.19. The Morgan fingerprint density at radius 3 is 1.21 bits per heavy atom. The lowest BCUT2D eigenvalue weighted by atomic mass is 9.87. The van der Waals surface area contributed by atoms with Crippen molar-refractivity contribution < 1.29 is 4.79 Å². The average Bonchev–Trinajstić information content (AvgIpc) is 2.68. The molecule has 0 aliphatic heterocycles. The largest absolute Gasteiger partial charge is 0.299 e. The van der Waals surface area contributed by atoms with Gasteiger partial charge in [0.25, 0.3) is 0 Å². The average molecular weight is 457 g/mol. The molecule has 0 heterocycles. The van der Waals surface area contributed by atoms with Gasteiger partial charge in [0.05, 0.1) is 0 Å². The van der Waals surface area contributed by atoms with E-state index in [1.54, 1.807) is 0 Å². The molecule has 0 rings (SSSR count). The molecule has 33 heavy (non-hydrogen) atoms. The molecule has 0 unspecified atom stereocenters. The third kappa shape index (κ3) is 20.7. The van der Waals surface area contributed by atoms with Crippen molar-refractivity contribution in [3.63, 3.8) is 0 Å². The number of rotatable bonds is 15. The van der Waals surface area contributed by atoms with Crippen molar-refractivity contribution in [2.45, 2.75) is 134 Å². The van der Waals surface area contributed by atoms with Crippen molar-refractivity contribution in [2.75, 3.05) is 0 Å². The summed E-state index contributed by atoms with van der Waals surface area (Å²) in [6.07, 6.45) is 22.5. The molecule has 0 spiro atoms. The van der Waals surface area contributed by atoms with Gasteiger partial charge in [-0.1, -0.05) is 86.4 Å². The van der Waals surface area contributed by atoms with Crippen LogP contribution in [0.4, 0.5) is 0 Å². The Labute approximate surface area is 208 Å². The fraction of sp³-hybridized carbons (Fsp3) is 0.656. The van der Waals surface area contributed by atoms with E-state index in [9.17, 15) is 4.79 Å². The van der Waals surface area contributed by atoms with Gasteiger partial charge in [-0.3, -0.25) is 4.79 Å². The highest BCUT2D eigenvalue weighted by Gasteiger charge is 2.20. The Morgan fingerprint density at radius 2 is 0.848 bits per heavy atom. The highest BCUT2D eigenvalue weighted by Crippen LogP contribution is 2.20. The summed E-state index contributed by atoms with van der Waals surface area (Å²) in [4.78, 5) is 12.0. The number of hydrogen-bond donors (Lipinski definition) is 0. The molecule has 1 nitrogen and oxygen atoms in total. The molecule has 0 atom stereocenters. The Balaban J connectivity index is 0.